The van der Waals surface area contributed by atoms with Gasteiger partial charge in [0.15, 0.2) is 5.82 Å². The molecular formula is C19H23N3O2S. The van der Waals surface area contributed by atoms with Crippen LogP contribution in [-0.2, 0) is 11.3 Å². The molecule has 2 heterocycles. The van der Waals surface area contributed by atoms with Gasteiger partial charge in [-0.15, -0.1) is 11.3 Å². The molecule has 0 atom stereocenters. The Bertz CT molecular complexity index is 856. The van der Waals surface area contributed by atoms with Crippen molar-refractivity contribution in [3.8, 4) is 11.1 Å². The Labute approximate surface area is 151 Å². The van der Waals surface area contributed by atoms with Gasteiger partial charge in [0.1, 0.15) is 17.3 Å². The van der Waals surface area contributed by atoms with Gasteiger partial charge in [0.2, 0.25) is 0 Å². The maximum Gasteiger partial charge on any atom is 0.158 e. The third-order valence-electron chi connectivity index (χ3n) is 3.80. The molecule has 0 radical (unpaired) electrons. The SMILES string of the molecule is COCc1nc(N(C)CC(C)(C)O)c2c(-c3ccccc3)csc2n1. The number of nitrogens with zero attached hydrogens (tertiary/aromatic N) is 3. The van der Waals surface area contributed by atoms with Gasteiger partial charge in [-0.3, -0.25) is 0 Å². The van der Waals surface area contributed by atoms with E-state index in [9.17, 15) is 5.11 Å². The fraction of sp³-hybridized carbons (Fsp3) is 0.368. The van der Waals surface area contributed by atoms with Gasteiger partial charge in [-0.1, -0.05) is 30.3 Å². The number of benzene rings is 1. The van der Waals surface area contributed by atoms with Crippen LogP contribution < -0.4 is 4.90 Å². The average Bonchev–Trinajstić information content (AvgIpc) is 2.97. The van der Waals surface area contributed by atoms with E-state index in [1.807, 2.05) is 30.1 Å². The molecule has 1 aromatic carbocycles. The second-order valence-electron chi connectivity index (χ2n) is 6.76. The molecule has 25 heavy (non-hydrogen) atoms. The fourth-order valence-corrected chi connectivity index (χ4v) is 3.88. The predicted octanol–water partition coefficient (Wildman–Crippen LogP) is 3.71. The Balaban J connectivity index is 2.18. The predicted molar refractivity (Wildman–Crippen MR) is 103 cm³/mol. The lowest BCUT2D eigenvalue weighted by Crippen LogP contribution is -2.36. The number of likely N-dealkylation sites (N-methyl/N-ethyl adjacent to an activating group) is 1. The van der Waals surface area contributed by atoms with Crippen LogP contribution in [0.1, 0.15) is 19.7 Å². The largest absolute Gasteiger partial charge is 0.389 e. The highest BCUT2D eigenvalue weighted by Gasteiger charge is 2.22. The molecule has 3 rings (SSSR count). The summed E-state index contributed by atoms with van der Waals surface area (Å²) in [6.07, 6.45) is 0. The first-order valence-electron chi connectivity index (χ1n) is 8.15. The van der Waals surface area contributed by atoms with E-state index in [-0.39, 0.29) is 0 Å². The molecule has 0 spiro atoms. The van der Waals surface area contributed by atoms with Crippen LogP contribution in [0, 0.1) is 0 Å². The number of aliphatic hydroxyl groups is 1. The highest BCUT2D eigenvalue weighted by molar-refractivity contribution is 7.17. The number of ether oxygens (including phenoxy) is 1. The van der Waals surface area contributed by atoms with Crippen molar-refractivity contribution in [3.05, 3.63) is 41.5 Å². The lowest BCUT2D eigenvalue weighted by molar-refractivity contribution is 0.0885. The van der Waals surface area contributed by atoms with Crippen LogP contribution in [0.2, 0.25) is 0 Å². The van der Waals surface area contributed by atoms with Gasteiger partial charge < -0.3 is 14.7 Å². The topological polar surface area (TPSA) is 58.5 Å². The van der Waals surface area contributed by atoms with Gasteiger partial charge in [0.05, 0.1) is 11.0 Å². The minimum Gasteiger partial charge on any atom is -0.389 e. The van der Waals surface area contributed by atoms with Gasteiger partial charge in [0, 0.05) is 31.6 Å². The molecule has 0 saturated heterocycles. The molecule has 0 aliphatic rings. The number of methoxy groups -OCH3 is 1. The molecule has 0 aliphatic heterocycles. The van der Waals surface area contributed by atoms with E-state index in [1.54, 1.807) is 32.3 Å². The Kier molecular flexibility index (Phi) is 5.03. The van der Waals surface area contributed by atoms with Crippen molar-refractivity contribution in [1.29, 1.82) is 0 Å². The first kappa shape index (κ1) is 17.8. The number of aromatic nitrogens is 2. The van der Waals surface area contributed by atoms with Crippen molar-refractivity contribution < 1.29 is 9.84 Å². The molecule has 3 aromatic rings. The summed E-state index contributed by atoms with van der Waals surface area (Å²) in [5.41, 5.74) is 1.42. The van der Waals surface area contributed by atoms with Crippen molar-refractivity contribution in [3.63, 3.8) is 0 Å². The molecule has 6 heteroatoms. The van der Waals surface area contributed by atoms with Gasteiger partial charge in [0.25, 0.3) is 0 Å². The number of anilines is 1. The van der Waals surface area contributed by atoms with Crippen LogP contribution in [0.25, 0.3) is 21.3 Å². The summed E-state index contributed by atoms with van der Waals surface area (Å²) in [5, 5.41) is 13.4. The van der Waals surface area contributed by atoms with Crippen molar-refractivity contribution in [1.82, 2.24) is 9.97 Å². The standard InChI is InChI=1S/C19H23N3O2S/c1-19(2,23)12-22(3)17-16-14(13-8-6-5-7-9-13)11-25-18(16)21-15(20-17)10-24-4/h5-9,11,23H,10,12H2,1-4H3. The maximum atomic E-state index is 10.2. The Morgan fingerprint density at radius 3 is 2.56 bits per heavy atom. The third kappa shape index (κ3) is 3.98. The second-order valence-corrected chi connectivity index (χ2v) is 7.62. The molecule has 0 unspecified atom stereocenters. The zero-order valence-electron chi connectivity index (χ0n) is 15.0. The van der Waals surface area contributed by atoms with Crippen LogP contribution in [0.3, 0.4) is 0 Å². The third-order valence-corrected chi connectivity index (χ3v) is 4.68. The van der Waals surface area contributed by atoms with Crippen LogP contribution in [0.4, 0.5) is 5.82 Å². The number of rotatable bonds is 6. The number of thiophene rings is 1. The Hall–Kier alpha value is -2.02. The van der Waals surface area contributed by atoms with Crippen LogP contribution in [-0.4, -0.2) is 41.4 Å². The van der Waals surface area contributed by atoms with E-state index in [4.69, 9.17) is 9.72 Å². The number of hydrogen-bond donors (Lipinski definition) is 1. The minimum atomic E-state index is -0.823. The monoisotopic (exact) mass is 357 g/mol. The lowest BCUT2D eigenvalue weighted by atomic mass is 10.1. The zero-order valence-corrected chi connectivity index (χ0v) is 15.8. The van der Waals surface area contributed by atoms with Crippen LogP contribution in [0.5, 0.6) is 0 Å². The van der Waals surface area contributed by atoms with E-state index in [2.05, 4.69) is 22.5 Å². The first-order chi connectivity index (χ1) is 11.9. The minimum absolute atomic E-state index is 0.359. The summed E-state index contributed by atoms with van der Waals surface area (Å²) in [5.74, 6) is 1.47. The van der Waals surface area contributed by atoms with Crippen molar-refractivity contribution in [2.45, 2.75) is 26.1 Å². The van der Waals surface area contributed by atoms with E-state index in [1.165, 1.54) is 0 Å². The summed E-state index contributed by atoms with van der Waals surface area (Å²) < 4.78 is 5.22. The highest BCUT2D eigenvalue weighted by Crippen LogP contribution is 2.38. The normalized spacial score (nSPS) is 11.9. The molecule has 5 nitrogen and oxygen atoms in total. The molecule has 132 valence electrons. The number of fused-ring (bicyclic) bond motifs is 1. The Morgan fingerprint density at radius 1 is 1.20 bits per heavy atom. The fourth-order valence-electron chi connectivity index (χ4n) is 2.92. The molecule has 0 saturated carbocycles. The van der Waals surface area contributed by atoms with E-state index in [0.29, 0.717) is 19.0 Å². The van der Waals surface area contributed by atoms with Crippen molar-refractivity contribution in [2.75, 3.05) is 25.6 Å². The molecule has 0 aliphatic carbocycles. The summed E-state index contributed by atoms with van der Waals surface area (Å²) in [6.45, 7) is 4.42. The molecule has 0 amide bonds. The maximum absolute atomic E-state index is 10.2. The quantitative estimate of drug-likeness (QED) is 0.729. The smallest absolute Gasteiger partial charge is 0.158 e. The van der Waals surface area contributed by atoms with Crippen molar-refractivity contribution >= 4 is 27.4 Å². The summed E-state index contributed by atoms with van der Waals surface area (Å²) in [4.78, 5) is 12.3. The van der Waals surface area contributed by atoms with E-state index in [0.717, 1.165) is 27.2 Å². The molecule has 0 fully saturated rings. The average molecular weight is 357 g/mol. The first-order valence-corrected chi connectivity index (χ1v) is 9.03. The van der Waals surface area contributed by atoms with Gasteiger partial charge >= 0.3 is 0 Å². The molecule has 2 aromatic heterocycles. The van der Waals surface area contributed by atoms with E-state index < -0.39 is 5.60 Å². The molecule has 1 N–H and O–H groups in total. The molecule has 0 bridgehead atoms. The summed E-state index contributed by atoms with van der Waals surface area (Å²) in [7, 11) is 3.58. The van der Waals surface area contributed by atoms with Crippen LogP contribution >= 0.6 is 11.3 Å². The van der Waals surface area contributed by atoms with Gasteiger partial charge in [-0.05, 0) is 19.4 Å². The zero-order chi connectivity index (χ0) is 18.0. The highest BCUT2D eigenvalue weighted by atomic mass is 32.1. The second kappa shape index (κ2) is 7.07. The molecular weight excluding hydrogens is 334 g/mol. The van der Waals surface area contributed by atoms with Gasteiger partial charge in [-0.25, -0.2) is 9.97 Å². The summed E-state index contributed by atoms with van der Waals surface area (Å²) in [6, 6.07) is 10.2. The number of hydrogen-bond acceptors (Lipinski definition) is 6. The van der Waals surface area contributed by atoms with Crippen molar-refractivity contribution in [2.24, 2.45) is 0 Å². The summed E-state index contributed by atoms with van der Waals surface area (Å²) >= 11 is 1.60. The van der Waals surface area contributed by atoms with Gasteiger partial charge in [-0.2, -0.15) is 0 Å². The lowest BCUT2D eigenvalue weighted by Gasteiger charge is -2.27. The Morgan fingerprint density at radius 2 is 1.92 bits per heavy atom. The van der Waals surface area contributed by atoms with Crippen LogP contribution in [0.15, 0.2) is 35.7 Å². The van der Waals surface area contributed by atoms with E-state index >= 15 is 0 Å².